The molecule has 7 rings (SSSR count). The van der Waals surface area contributed by atoms with Crippen LogP contribution >= 0.6 is 0 Å². The lowest BCUT2D eigenvalue weighted by molar-refractivity contribution is 1.28. The Morgan fingerprint density at radius 1 is 0.217 bits per heavy atom. The Bertz CT molecular complexity index is 1720. The van der Waals surface area contributed by atoms with Crippen molar-refractivity contribution in [2.75, 3.05) is 20.4 Å². The van der Waals surface area contributed by atoms with Gasteiger partial charge in [0, 0.05) is 56.9 Å². The first-order valence-electron chi connectivity index (χ1n) is 15.4. The van der Waals surface area contributed by atoms with Gasteiger partial charge in [0.15, 0.2) is 0 Å². The van der Waals surface area contributed by atoms with Crippen LogP contribution in [0.5, 0.6) is 0 Å². The van der Waals surface area contributed by atoms with Gasteiger partial charge in [-0.2, -0.15) is 0 Å². The molecule has 222 valence electrons. The molecule has 0 aliphatic carbocycles. The minimum atomic E-state index is 1.03. The maximum Gasteiger partial charge on any atom is 0.0463 e. The summed E-state index contributed by atoms with van der Waals surface area (Å²) in [4.78, 5) is 4.52. The molecule has 0 heterocycles. The Morgan fingerprint density at radius 3 is 0.652 bits per heavy atom. The molecule has 0 aliphatic rings. The van der Waals surface area contributed by atoms with Gasteiger partial charge in [0.05, 0.1) is 0 Å². The number of anilines is 10. The Hall–Kier alpha value is -6.26. The van der Waals surface area contributed by atoms with Crippen molar-refractivity contribution in [3.8, 4) is 0 Å². The van der Waals surface area contributed by atoms with Crippen molar-refractivity contribution in [1.29, 1.82) is 0 Å². The Kier molecular flexibility index (Phi) is 8.42. The number of benzene rings is 7. The van der Waals surface area contributed by atoms with Crippen LogP contribution in [0.3, 0.4) is 0 Å². The third kappa shape index (κ3) is 6.62. The average molecular weight is 595 g/mol. The molecule has 46 heavy (non-hydrogen) atoms. The number of nitrogens with one attached hydrogen (secondary N) is 2. The van der Waals surface area contributed by atoms with Gasteiger partial charge in [-0.15, -0.1) is 0 Å². The minimum absolute atomic E-state index is 1.03. The second-order valence-electron chi connectivity index (χ2n) is 10.9. The van der Waals surface area contributed by atoms with Gasteiger partial charge in [-0.05, 0) is 121 Å². The minimum Gasteiger partial charge on any atom is -0.356 e. The summed E-state index contributed by atoms with van der Waals surface area (Å²) in [5, 5.41) is 7.08. The number of para-hydroxylation sites is 4. The van der Waals surface area contributed by atoms with E-state index in [4.69, 9.17) is 0 Å². The molecule has 2 N–H and O–H groups in total. The zero-order chi connectivity index (χ0) is 31.0. The molecule has 0 bridgehead atoms. The first-order chi connectivity index (χ1) is 22.8. The Morgan fingerprint density at radius 2 is 0.413 bits per heavy atom. The van der Waals surface area contributed by atoms with Gasteiger partial charge >= 0.3 is 0 Å². The van der Waals surface area contributed by atoms with Gasteiger partial charge in [-0.3, -0.25) is 0 Å². The molecule has 0 fully saturated rings. The van der Waals surface area contributed by atoms with Crippen molar-refractivity contribution in [2.24, 2.45) is 0 Å². The average Bonchev–Trinajstić information content (AvgIpc) is 3.13. The number of rotatable bonds is 10. The zero-order valence-electron chi connectivity index (χ0n) is 25.4. The van der Waals surface area contributed by atoms with Crippen LogP contribution in [0.25, 0.3) is 0 Å². The van der Waals surface area contributed by atoms with Crippen LogP contribution in [0.4, 0.5) is 56.9 Å². The molecule has 0 spiro atoms. The third-order valence-corrected chi connectivity index (χ3v) is 7.77. The second kappa shape index (κ2) is 13.6. The number of hydrogen-bond donors (Lipinski definition) is 2. The highest BCUT2D eigenvalue weighted by Gasteiger charge is 2.13. The van der Waals surface area contributed by atoms with E-state index in [-0.39, 0.29) is 0 Å². The van der Waals surface area contributed by atoms with Gasteiger partial charge in [0.25, 0.3) is 0 Å². The van der Waals surface area contributed by atoms with E-state index in [0.717, 1.165) is 56.9 Å². The van der Waals surface area contributed by atoms with Crippen LogP contribution in [0, 0.1) is 0 Å². The van der Waals surface area contributed by atoms with Gasteiger partial charge < -0.3 is 20.4 Å². The fraction of sp³-hybridized carbons (Fsp3) is 0. The van der Waals surface area contributed by atoms with E-state index in [2.05, 4.69) is 190 Å². The normalized spacial score (nSPS) is 10.6. The topological polar surface area (TPSA) is 30.5 Å². The molecule has 0 aliphatic heterocycles. The second-order valence-corrected chi connectivity index (χ2v) is 10.9. The maximum atomic E-state index is 3.54. The summed E-state index contributed by atoms with van der Waals surface area (Å²) in [6.45, 7) is 0. The molecule has 7 aromatic rings. The number of hydrogen-bond acceptors (Lipinski definition) is 4. The van der Waals surface area contributed by atoms with Gasteiger partial charge in [-0.1, -0.05) is 72.8 Å². The van der Waals surface area contributed by atoms with Crippen molar-refractivity contribution in [3.63, 3.8) is 0 Å². The summed E-state index contributed by atoms with van der Waals surface area (Å²) in [6, 6.07) is 67.3. The van der Waals surface area contributed by atoms with E-state index < -0.39 is 0 Å². The van der Waals surface area contributed by atoms with E-state index in [9.17, 15) is 0 Å². The van der Waals surface area contributed by atoms with Crippen LogP contribution < -0.4 is 20.4 Å². The van der Waals surface area contributed by atoms with Crippen molar-refractivity contribution in [2.45, 2.75) is 0 Å². The molecular formula is C42H34N4. The van der Waals surface area contributed by atoms with Gasteiger partial charge in [0.1, 0.15) is 0 Å². The summed E-state index contributed by atoms with van der Waals surface area (Å²) < 4.78 is 0. The molecule has 0 amide bonds. The summed E-state index contributed by atoms with van der Waals surface area (Å²) in [5.41, 5.74) is 10.8. The molecule has 0 unspecified atom stereocenters. The molecule has 0 saturated heterocycles. The molecule has 0 radical (unpaired) electrons. The Labute approximate surface area is 270 Å². The zero-order valence-corrected chi connectivity index (χ0v) is 25.4. The largest absolute Gasteiger partial charge is 0.356 e. The summed E-state index contributed by atoms with van der Waals surface area (Å²) in [5.74, 6) is 0. The van der Waals surface area contributed by atoms with Crippen LogP contribution in [0.1, 0.15) is 0 Å². The molecule has 4 nitrogen and oxygen atoms in total. The fourth-order valence-corrected chi connectivity index (χ4v) is 5.56. The highest BCUT2D eigenvalue weighted by molar-refractivity contribution is 5.79. The smallest absolute Gasteiger partial charge is 0.0463 e. The third-order valence-electron chi connectivity index (χ3n) is 7.77. The lowest BCUT2D eigenvalue weighted by Crippen LogP contribution is -2.09. The van der Waals surface area contributed by atoms with Gasteiger partial charge in [0.2, 0.25) is 0 Å². The molecule has 0 aromatic heterocycles. The molecule has 0 saturated carbocycles. The van der Waals surface area contributed by atoms with Crippen LogP contribution in [-0.2, 0) is 0 Å². The molecular weight excluding hydrogens is 560 g/mol. The summed E-state index contributed by atoms with van der Waals surface area (Å²) in [7, 11) is 0. The predicted molar refractivity (Wildman–Crippen MR) is 195 cm³/mol. The van der Waals surface area contributed by atoms with Crippen molar-refractivity contribution < 1.29 is 0 Å². The van der Waals surface area contributed by atoms with Crippen molar-refractivity contribution in [3.05, 3.63) is 194 Å². The van der Waals surface area contributed by atoms with E-state index in [1.165, 1.54) is 0 Å². The lowest BCUT2D eigenvalue weighted by atomic mass is 10.1. The maximum absolute atomic E-state index is 3.54. The molecule has 4 heteroatoms. The van der Waals surface area contributed by atoms with E-state index in [1.807, 2.05) is 24.3 Å². The van der Waals surface area contributed by atoms with Crippen LogP contribution in [0.2, 0.25) is 0 Å². The van der Waals surface area contributed by atoms with Crippen molar-refractivity contribution >= 4 is 56.9 Å². The lowest BCUT2D eigenvalue weighted by Gasteiger charge is -2.25. The van der Waals surface area contributed by atoms with E-state index in [0.29, 0.717) is 0 Å². The predicted octanol–water partition coefficient (Wildman–Crippen LogP) is 12.1. The summed E-state index contributed by atoms with van der Waals surface area (Å²) >= 11 is 0. The first kappa shape index (κ1) is 28.5. The SMILES string of the molecule is c1ccc(N(c2ccccc2)c2ccc(Nc3ccc(Nc4ccc(N(c5ccccc5)c5ccccc5)cc4)cc3)cc2)cc1. The fourth-order valence-electron chi connectivity index (χ4n) is 5.56. The quantitative estimate of drug-likeness (QED) is 0.165. The molecule has 7 aromatic carbocycles. The van der Waals surface area contributed by atoms with Crippen LogP contribution in [-0.4, -0.2) is 0 Å². The monoisotopic (exact) mass is 594 g/mol. The van der Waals surface area contributed by atoms with E-state index in [1.54, 1.807) is 0 Å². The molecule has 0 atom stereocenters. The standard InChI is InChI=1S/C42H34N4/c1-5-13-37(14-6-1)45(38-15-7-2-8-16-38)41-29-25-35(26-30-41)43-33-21-23-34(24-22-33)44-36-27-31-42(32-28-36)46(39-17-9-3-10-18-39)40-19-11-4-12-20-40/h1-32,43-44H. The number of nitrogens with zero attached hydrogens (tertiary/aromatic N) is 2. The van der Waals surface area contributed by atoms with E-state index >= 15 is 0 Å². The van der Waals surface area contributed by atoms with Crippen LogP contribution in [0.15, 0.2) is 194 Å². The van der Waals surface area contributed by atoms with Gasteiger partial charge in [-0.25, -0.2) is 0 Å². The highest BCUT2D eigenvalue weighted by atomic mass is 15.1. The highest BCUT2D eigenvalue weighted by Crippen LogP contribution is 2.36. The first-order valence-corrected chi connectivity index (χ1v) is 15.4. The Balaban J connectivity index is 1.03. The summed E-state index contributed by atoms with van der Waals surface area (Å²) in [6.07, 6.45) is 0. The van der Waals surface area contributed by atoms with Crippen molar-refractivity contribution in [1.82, 2.24) is 0 Å².